The Labute approximate surface area is 120 Å². The lowest BCUT2D eigenvalue weighted by Crippen LogP contribution is -2.18. The first-order valence-electron chi connectivity index (χ1n) is 6.75. The van der Waals surface area contributed by atoms with Gasteiger partial charge in [0.25, 0.3) is 0 Å². The topological polar surface area (TPSA) is 30.5 Å². The van der Waals surface area contributed by atoms with Crippen LogP contribution in [0.1, 0.15) is 12.5 Å². The molecule has 0 amide bonds. The van der Waals surface area contributed by atoms with Gasteiger partial charge in [-0.3, -0.25) is 0 Å². The molecule has 2 rings (SSSR count). The van der Waals surface area contributed by atoms with Crippen LogP contribution in [0.2, 0.25) is 0 Å². The van der Waals surface area contributed by atoms with E-state index in [1.54, 1.807) is 14.2 Å². The minimum atomic E-state index is 0.319. The molecule has 0 saturated carbocycles. The molecule has 0 bridgehead atoms. The second kappa shape index (κ2) is 6.85. The van der Waals surface area contributed by atoms with Crippen LogP contribution in [-0.4, -0.2) is 20.3 Å². The van der Waals surface area contributed by atoms with Gasteiger partial charge in [0.15, 0.2) is 0 Å². The fourth-order valence-electron chi connectivity index (χ4n) is 2.22. The summed E-state index contributed by atoms with van der Waals surface area (Å²) in [5, 5.41) is 3.48. The van der Waals surface area contributed by atoms with Crippen LogP contribution >= 0.6 is 0 Å². The molecule has 3 nitrogen and oxygen atoms in total. The van der Waals surface area contributed by atoms with Crippen LogP contribution < -0.4 is 14.8 Å². The number of benzene rings is 2. The van der Waals surface area contributed by atoms with Crippen LogP contribution in [0.5, 0.6) is 11.5 Å². The van der Waals surface area contributed by atoms with Gasteiger partial charge in [-0.2, -0.15) is 0 Å². The van der Waals surface area contributed by atoms with Crippen molar-refractivity contribution in [2.75, 3.05) is 19.5 Å². The van der Waals surface area contributed by atoms with Crippen molar-refractivity contribution in [3.05, 3.63) is 54.1 Å². The van der Waals surface area contributed by atoms with E-state index in [0.29, 0.717) is 6.04 Å². The average Bonchev–Trinajstić information content (AvgIpc) is 2.48. The largest absolute Gasteiger partial charge is 0.497 e. The summed E-state index contributed by atoms with van der Waals surface area (Å²) in [6, 6.07) is 16.4. The highest BCUT2D eigenvalue weighted by Gasteiger charge is 2.07. The Kier molecular flexibility index (Phi) is 4.88. The minimum absolute atomic E-state index is 0.319. The second-order valence-electron chi connectivity index (χ2n) is 4.79. The molecule has 3 heteroatoms. The number of rotatable bonds is 6. The van der Waals surface area contributed by atoms with E-state index in [1.807, 2.05) is 42.5 Å². The number of anilines is 1. The van der Waals surface area contributed by atoms with E-state index in [9.17, 15) is 0 Å². The Morgan fingerprint density at radius 1 is 0.950 bits per heavy atom. The number of hydrogen-bond donors (Lipinski definition) is 1. The minimum Gasteiger partial charge on any atom is -0.497 e. The molecule has 0 heterocycles. The standard InChI is InChI=1S/C17H21NO2/c1-13(12-14-6-4-5-7-17(14)20-3)18-15-8-10-16(19-2)11-9-15/h4-11,13,18H,12H2,1-3H3. The van der Waals surface area contributed by atoms with Crippen molar-refractivity contribution in [3.8, 4) is 11.5 Å². The molecule has 2 aromatic carbocycles. The third kappa shape index (κ3) is 3.67. The Balaban J connectivity index is 1.99. The number of hydrogen-bond acceptors (Lipinski definition) is 3. The van der Waals surface area contributed by atoms with Gasteiger partial charge in [-0.05, 0) is 49.2 Å². The first-order chi connectivity index (χ1) is 9.72. The van der Waals surface area contributed by atoms with Crippen LogP contribution in [0, 0.1) is 0 Å². The molecule has 1 atom stereocenters. The van der Waals surface area contributed by atoms with Crippen LogP contribution in [0.25, 0.3) is 0 Å². The van der Waals surface area contributed by atoms with Gasteiger partial charge in [-0.25, -0.2) is 0 Å². The summed E-state index contributed by atoms with van der Waals surface area (Å²) in [6.45, 7) is 2.16. The van der Waals surface area contributed by atoms with Crippen LogP contribution in [0.15, 0.2) is 48.5 Å². The molecule has 20 heavy (non-hydrogen) atoms. The number of nitrogens with one attached hydrogen (secondary N) is 1. The molecule has 0 aromatic heterocycles. The first-order valence-corrected chi connectivity index (χ1v) is 6.75. The molecule has 0 aliphatic rings. The molecule has 0 aliphatic carbocycles. The van der Waals surface area contributed by atoms with Crippen molar-refractivity contribution in [3.63, 3.8) is 0 Å². The number of para-hydroxylation sites is 1. The maximum absolute atomic E-state index is 5.38. The fraction of sp³-hybridized carbons (Fsp3) is 0.294. The molecular formula is C17H21NO2. The summed E-state index contributed by atoms with van der Waals surface area (Å²) < 4.78 is 10.5. The van der Waals surface area contributed by atoms with Crippen molar-refractivity contribution in [2.24, 2.45) is 0 Å². The summed E-state index contributed by atoms with van der Waals surface area (Å²) in [5.41, 5.74) is 2.30. The lowest BCUT2D eigenvalue weighted by molar-refractivity contribution is 0.409. The lowest BCUT2D eigenvalue weighted by atomic mass is 10.1. The maximum Gasteiger partial charge on any atom is 0.122 e. The van der Waals surface area contributed by atoms with Crippen molar-refractivity contribution >= 4 is 5.69 Å². The van der Waals surface area contributed by atoms with Crippen LogP contribution in [0.3, 0.4) is 0 Å². The van der Waals surface area contributed by atoms with Gasteiger partial charge in [0, 0.05) is 11.7 Å². The molecule has 0 spiro atoms. The predicted octanol–water partition coefficient (Wildman–Crippen LogP) is 3.75. The lowest BCUT2D eigenvalue weighted by Gasteiger charge is -2.17. The van der Waals surface area contributed by atoms with Gasteiger partial charge < -0.3 is 14.8 Å². The summed E-state index contributed by atoms with van der Waals surface area (Å²) >= 11 is 0. The predicted molar refractivity (Wildman–Crippen MR) is 82.8 cm³/mol. The van der Waals surface area contributed by atoms with E-state index in [-0.39, 0.29) is 0 Å². The SMILES string of the molecule is COc1ccc(NC(C)Cc2ccccc2OC)cc1. The zero-order chi connectivity index (χ0) is 14.4. The number of ether oxygens (including phenoxy) is 2. The van der Waals surface area contributed by atoms with Gasteiger partial charge >= 0.3 is 0 Å². The molecule has 0 fully saturated rings. The molecule has 1 N–H and O–H groups in total. The second-order valence-corrected chi connectivity index (χ2v) is 4.79. The molecule has 1 unspecified atom stereocenters. The van der Waals surface area contributed by atoms with E-state index >= 15 is 0 Å². The highest BCUT2D eigenvalue weighted by Crippen LogP contribution is 2.21. The van der Waals surface area contributed by atoms with Gasteiger partial charge in [-0.15, -0.1) is 0 Å². The van der Waals surface area contributed by atoms with Gasteiger partial charge in [0.05, 0.1) is 14.2 Å². The Hall–Kier alpha value is -2.16. The van der Waals surface area contributed by atoms with Crippen molar-refractivity contribution in [1.29, 1.82) is 0 Å². The molecule has 0 radical (unpaired) electrons. The van der Waals surface area contributed by atoms with E-state index in [4.69, 9.17) is 9.47 Å². The van der Waals surface area contributed by atoms with Crippen LogP contribution in [0.4, 0.5) is 5.69 Å². The quantitative estimate of drug-likeness (QED) is 0.868. The van der Waals surface area contributed by atoms with E-state index in [1.165, 1.54) is 5.56 Å². The fourth-order valence-corrected chi connectivity index (χ4v) is 2.22. The molecule has 0 aliphatic heterocycles. The summed E-state index contributed by atoms with van der Waals surface area (Å²) in [5.74, 6) is 1.81. The van der Waals surface area contributed by atoms with Crippen molar-refractivity contribution in [2.45, 2.75) is 19.4 Å². The van der Waals surface area contributed by atoms with Crippen molar-refractivity contribution in [1.82, 2.24) is 0 Å². The molecular weight excluding hydrogens is 250 g/mol. The zero-order valence-corrected chi connectivity index (χ0v) is 12.2. The van der Waals surface area contributed by atoms with Gasteiger partial charge in [0.1, 0.15) is 11.5 Å². The smallest absolute Gasteiger partial charge is 0.122 e. The zero-order valence-electron chi connectivity index (χ0n) is 12.2. The van der Waals surface area contributed by atoms with Crippen LogP contribution in [-0.2, 0) is 6.42 Å². The highest BCUT2D eigenvalue weighted by molar-refractivity contribution is 5.47. The average molecular weight is 271 g/mol. The number of methoxy groups -OCH3 is 2. The monoisotopic (exact) mass is 271 g/mol. The third-order valence-corrected chi connectivity index (χ3v) is 3.22. The van der Waals surface area contributed by atoms with E-state index in [0.717, 1.165) is 23.6 Å². The Morgan fingerprint density at radius 3 is 2.30 bits per heavy atom. The molecule has 0 saturated heterocycles. The summed E-state index contributed by atoms with van der Waals surface area (Å²) in [6.07, 6.45) is 0.913. The first kappa shape index (κ1) is 14.3. The highest BCUT2D eigenvalue weighted by atomic mass is 16.5. The summed E-state index contributed by atoms with van der Waals surface area (Å²) in [4.78, 5) is 0. The van der Waals surface area contributed by atoms with E-state index < -0.39 is 0 Å². The summed E-state index contributed by atoms with van der Waals surface area (Å²) in [7, 11) is 3.38. The van der Waals surface area contributed by atoms with Crippen molar-refractivity contribution < 1.29 is 9.47 Å². The molecule has 2 aromatic rings. The third-order valence-electron chi connectivity index (χ3n) is 3.22. The van der Waals surface area contributed by atoms with Gasteiger partial charge in [0.2, 0.25) is 0 Å². The van der Waals surface area contributed by atoms with E-state index in [2.05, 4.69) is 18.3 Å². The van der Waals surface area contributed by atoms with Gasteiger partial charge in [-0.1, -0.05) is 18.2 Å². The molecule has 106 valence electrons. The Bertz CT molecular complexity index is 537. The Morgan fingerprint density at radius 2 is 1.65 bits per heavy atom. The normalized spacial score (nSPS) is 11.8. The maximum atomic E-state index is 5.38.